The van der Waals surface area contributed by atoms with E-state index < -0.39 is 11.6 Å². The van der Waals surface area contributed by atoms with E-state index in [9.17, 15) is 9.50 Å². The zero-order valence-corrected chi connectivity index (χ0v) is 8.41. The zero-order valence-electron chi connectivity index (χ0n) is 8.41. The van der Waals surface area contributed by atoms with Crippen molar-refractivity contribution in [3.05, 3.63) is 17.4 Å². The van der Waals surface area contributed by atoms with E-state index in [0.29, 0.717) is 0 Å². The van der Waals surface area contributed by atoms with Gasteiger partial charge in [0.15, 0.2) is 23.1 Å². The lowest BCUT2D eigenvalue weighted by Gasteiger charge is -2.13. The number of benzene rings is 1. The molecular weight excluding hydrogens is 205 g/mol. The summed E-state index contributed by atoms with van der Waals surface area (Å²) in [5.41, 5.74) is 0.0110. The van der Waals surface area contributed by atoms with Crippen molar-refractivity contribution >= 4 is 0 Å². The van der Waals surface area contributed by atoms with Crippen LogP contribution in [-0.4, -0.2) is 19.3 Å². The van der Waals surface area contributed by atoms with Crippen molar-refractivity contribution in [1.29, 1.82) is 0 Å². The van der Waals surface area contributed by atoms with Gasteiger partial charge in [-0.25, -0.2) is 10.3 Å². The fourth-order valence-corrected chi connectivity index (χ4v) is 1.24. The Morgan fingerprint density at radius 3 is 2.53 bits per heavy atom. The van der Waals surface area contributed by atoms with Crippen LogP contribution in [0.1, 0.15) is 5.56 Å². The SMILES string of the molecule is COc1cc(O)c(F)c(CON)c1OC. The number of nitrogens with two attached hydrogens (primary N) is 1. The highest BCUT2D eigenvalue weighted by atomic mass is 19.1. The highest BCUT2D eigenvalue weighted by molar-refractivity contribution is 5.52. The average molecular weight is 217 g/mol. The van der Waals surface area contributed by atoms with E-state index in [4.69, 9.17) is 15.4 Å². The minimum Gasteiger partial charge on any atom is -0.505 e. The molecule has 1 rings (SSSR count). The monoisotopic (exact) mass is 217 g/mol. The number of phenols is 1. The molecule has 1 aromatic carbocycles. The molecule has 0 amide bonds. The van der Waals surface area contributed by atoms with Crippen LogP contribution >= 0.6 is 0 Å². The van der Waals surface area contributed by atoms with Crippen LogP contribution in [-0.2, 0) is 11.4 Å². The first-order valence-electron chi connectivity index (χ1n) is 4.09. The largest absolute Gasteiger partial charge is 0.505 e. The zero-order chi connectivity index (χ0) is 11.4. The van der Waals surface area contributed by atoms with Crippen LogP contribution in [0.2, 0.25) is 0 Å². The number of halogens is 1. The number of methoxy groups -OCH3 is 2. The van der Waals surface area contributed by atoms with E-state index in [1.54, 1.807) is 0 Å². The first-order valence-corrected chi connectivity index (χ1v) is 4.09. The molecule has 0 spiro atoms. The lowest BCUT2D eigenvalue weighted by molar-refractivity contribution is 0.118. The van der Waals surface area contributed by atoms with Gasteiger partial charge >= 0.3 is 0 Å². The molecule has 0 heterocycles. The summed E-state index contributed by atoms with van der Waals surface area (Å²) < 4.78 is 23.3. The van der Waals surface area contributed by atoms with Crippen molar-refractivity contribution in [2.45, 2.75) is 6.61 Å². The van der Waals surface area contributed by atoms with Crippen LogP contribution in [0, 0.1) is 5.82 Å². The Kier molecular flexibility index (Phi) is 3.70. The van der Waals surface area contributed by atoms with Crippen LogP contribution < -0.4 is 15.4 Å². The third kappa shape index (κ3) is 2.11. The first-order chi connectivity index (χ1) is 7.15. The van der Waals surface area contributed by atoms with Crippen molar-refractivity contribution < 1.29 is 23.8 Å². The average Bonchev–Trinajstić information content (AvgIpc) is 2.24. The molecular formula is C9H12FNO4. The predicted molar refractivity (Wildman–Crippen MR) is 50.1 cm³/mol. The molecule has 1 aromatic rings. The maximum atomic E-state index is 13.4. The van der Waals surface area contributed by atoms with Crippen molar-refractivity contribution in [3.8, 4) is 17.2 Å². The normalized spacial score (nSPS) is 10.1. The third-order valence-corrected chi connectivity index (χ3v) is 1.91. The van der Waals surface area contributed by atoms with Gasteiger partial charge in [0.25, 0.3) is 0 Å². The number of rotatable bonds is 4. The lowest BCUT2D eigenvalue weighted by atomic mass is 10.1. The molecule has 0 aliphatic rings. The smallest absolute Gasteiger partial charge is 0.174 e. The molecule has 0 radical (unpaired) electrons. The minimum absolute atomic E-state index is 0.0110. The van der Waals surface area contributed by atoms with Gasteiger partial charge < -0.3 is 14.6 Å². The number of hydrogen-bond donors (Lipinski definition) is 2. The lowest BCUT2D eigenvalue weighted by Crippen LogP contribution is -2.05. The highest BCUT2D eigenvalue weighted by Gasteiger charge is 2.19. The van der Waals surface area contributed by atoms with Gasteiger partial charge in [-0.05, 0) is 0 Å². The van der Waals surface area contributed by atoms with Crippen molar-refractivity contribution in [3.63, 3.8) is 0 Å². The van der Waals surface area contributed by atoms with Crippen LogP contribution in [0.3, 0.4) is 0 Å². The number of ether oxygens (including phenoxy) is 2. The van der Waals surface area contributed by atoms with Gasteiger partial charge in [-0.3, -0.25) is 4.84 Å². The standard InChI is InChI=1S/C9H12FNO4/c1-13-7-3-6(12)8(10)5(4-15-11)9(7)14-2/h3,12H,4,11H2,1-2H3. The van der Waals surface area contributed by atoms with Crippen LogP contribution in [0.25, 0.3) is 0 Å². The van der Waals surface area contributed by atoms with Gasteiger partial charge in [0.05, 0.1) is 26.4 Å². The summed E-state index contributed by atoms with van der Waals surface area (Å²) >= 11 is 0. The van der Waals surface area contributed by atoms with Crippen LogP contribution in [0.5, 0.6) is 17.2 Å². The molecule has 3 N–H and O–H groups in total. The Hall–Kier alpha value is -1.53. The molecule has 0 aliphatic heterocycles. The third-order valence-electron chi connectivity index (χ3n) is 1.91. The summed E-state index contributed by atoms with van der Waals surface area (Å²) in [6.45, 7) is -0.222. The molecule has 0 fully saturated rings. The molecule has 0 saturated carbocycles. The highest BCUT2D eigenvalue weighted by Crippen LogP contribution is 2.38. The fraction of sp³-hybridized carbons (Fsp3) is 0.333. The van der Waals surface area contributed by atoms with E-state index in [1.165, 1.54) is 14.2 Å². The van der Waals surface area contributed by atoms with E-state index >= 15 is 0 Å². The second-order valence-corrected chi connectivity index (χ2v) is 2.73. The second-order valence-electron chi connectivity index (χ2n) is 2.73. The number of aromatic hydroxyl groups is 1. The van der Waals surface area contributed by atoms with E-state index in [-0.39, 0.29) is 23.7 Å². The minimum atomic E-state index is -0.835. The quantitative estimate of drug-likeness (QED) is 0.734. The molecule has 6 heteroatoms. The van der Waals surface area contributed by atoms with Crippen LogP contribution in [0.15, 0.2) is 6.07 Å². The topological polar surface area (TPSA) is 73.9 Å². The van der Waals surface area contributed by atoms with Gasteiger partial charge in [0, 0.05) is 6.07 Å². The summed E-state index contributed by atoms with van der Waals surface area (Å²) in [5, 5.41) is 9.25. The molecule has 5 nitrogen and oxygen atoms in total. The van der Waals surface area contributed by atoms with Gasteiger partial charge in [-0.2, -0.15) is 0 Å². The van der Waals surface area contributed by atoms with E-state index in [0.717, 1.165) is 6.07 Å². The fourth-order valence-electron chi connectivity index (χ4n) is 1.24. The van der Waals surface area contributed by atoms with Crippen LogP contribution in [0.4, 0.5) is 4.39 Å². The van der Waals surface area contributed by atoms with Gasteiger partial charge in [-0.15, -0.1) is 0 Å². The molecule has 0 saturated heterocycles. The molecule has 0 bridgehead atoms. The molecule has 84 valence electrons. The van der Waals surface area contributed by atoms with Gasteiger partial charge in [-0.1, -0.05) is 0 Å². The van der Waals surface area contributed by atoms with E-state index in [2.05, 4.69) is 4.84 Å². The van der Waals surface area contributed by atoms with Crippen molar-refractivity contribution in [1.82, 2.24) is 0 Å². The Bertz CT molecular complexity index is 356. The summed E-state index contributed by atoms with van der Waals surface area (Å²) in [6, 6.07) is 1.12. The molecule has 0 unspecified atom stereocenters. The van der Waals surface area contributed by atoms with Gasteiger partial charge in [0.1, 0.15) is 0 Å². The number of hydrogen-bond acceptors (Lipinski definition) is 5. The maximum absolute atomic E-state index is 13.4. The summed E-state index contributed by atoms with van der Waals surface area (Å²) in [7, 11) is 2.73. The van der Waals surface area contributed by atoms with E-state index in [1.807, 2.05) is 0 Å². The van der Waals surface area contributed by atoms with Gasteiger partial charge in [0.2, 0.25) is 0 Å². The second kappa shape index (κ2) is 4.81. The molecule has 15 heavy (non-hydrogen) atoms. The summed E-state index contributed by atoms with van der Waals surface area (Å²) in [5.74, 6) is 3.84. The maximum Gasteiger partial charge on any atom is 0.174 e. The summed E-state index contributed by atoms with van der Waals surface area (Å²) in [6.07, 6.45) is 0. The number of phenolic OH excluding ortho intramolecular Hbond substituents is 1. The molecule has 0 aromatic heterocycles. The Labute approximate surface area is 86.1 Å². The Balaban J connectivity index is 3.35. The predicted octanol–water partition coefficient (Wildman–Crippen LogP) is 0.939. The van der Waals surface area contributed by atoms with Crippen molar-refractivity contribution in [2.75, 3.05) is 14.2 Å². The molecule has 0 aliphatic carbocycles. The Morgan fingerprint density at radius 2 is 2.07 bits per heavy atom. The Morgan fingerprint density at radius 1 is 1.40 bits per heavy atom. The molecule has 0 atom stereocenters. The summed E-state index contributed by atoms with van der Waals surface area (Å²) in [4.78, 5) is 4.32. The van der Waals surface area contributed by atoms with Crippen molar-refractivity contribution in [2.24, 2.45) is 5.90 Å². The first kappa shape index (κ1) is 11.5.